The molecule has 3 aromatic rings. The van der Waals surface area contributed by atoms with E-state index >= 15 is 13.2 Å². The van der Waals surface area contributed by atoms with Gasteiger partial charge in [0.05, 0.1) is 5.51 Å². The van der Waals surface area contributed by atoms with Gasteiger partial charge in [0.15, 0.2) is 10.7 Å². The summed E-state index contributed by atoms with van der Waals surface area (Å²) in [6.07, 6.45) is -1.86. The van der Waals surface area contributed by atoms with Crippen LogP contribution in [0.4, 0.5) is 42.2 Å². The van der Waals surface area contributed by atoms with E-state index in [1.54, 1.807) is 6.92 Å². The molecule has 1 aromatic heterocycles. The van der Waals surface area contributed by atoms with Crippen LogP contribution in [0.1, 0.15) is 49.8 Å². The summed E-state index contributed by atoms with van der Waals surface area (Å²) in [5.41, 5.74) is 0.584. The first-order chi connectivity index (χ1) is 20.2. The van der Waals surface area contributed by atoms with Crippen molar-refractivity contribution in [1.82, 2.24) is 9.88 Å². The summed E-state index contributed by atoms with van der Waals surface area (Å²) in [5.74, 6) is -8.81. The maximum atomic E-state index is 15.1. The Hall–Kier alpha value is -3.44. The normalized spacial score (nSPS) is 19.4. The van der Waals surface area contributed by atoms with Gasteiger partial charge in [-0.25, -0.2) is 27.3 Å². The molecule has 0 radical (unpaired) electrons. The number of aromatic nitrogens is 1. The Labute approximate surface area is 245 Å². The van der Waals surface area contributed by atoms with E-state index in [-0.39, 0.29) is 28.9 Å². The highest BCUT2D eigenvalue weighted by atomic mass is 32.2. The van der Waals surface area contributed by atoms with E-state index in [1.807, 2.05) is 0 Å². The van der Waals surface area contributed by atoms with Gasteiger partial charge in [-0.2, -0.15) is 21.6 Å². The Morgan fingerprint density at radius 2 is 1.65 bits per heavy atom. The largest absolute Gasteiger partial charge is 0.493 e. The number of anilines is 2. The van der Waals surface area contributed by atoms with Gasteiger partial charge in [-0.3, -0.25) is 4.90 Å². The van der Waals surface area contributed by atoms with Crippen LogP contribution in [0.2, 0.25) is 0 Å². The van der Waals surface area contributed by atoms with Crippen molar-refractivity contribution in [3.63, 3.8) is 0 Å². The molecule has 2 saturated heterocycles. The van der Waals surface area contributed by atoms with Crippen molar-refractivity contribution in [1.29, 1.82) is 0 Å². The minimum Gasteiger partial charge on any atom is -0.381 e. The summed E-state index contributed by atoms with van der Waals surface area (Å²) in [4.78, 5) is 19.2. The molecule has 1 N–H and O–H groups in total. The Bertz CT molecular complexity index is 1590. The number of benzene rings is 2. The zero-order valence-electron chi connectivity index (χ0n) is 22.2. The number of nitrogens with one attached hydrogen (secondary N) is 1. The number of hydrogen-bond donors (Lipinski definition) is 1. The lowest BCUT2D eigenvalue weighted by Gasteiger charge is -2.31. The lowest BCUT2D eigenvalue weighted by molar-refractivity contribution is -0.199. The van der Waals surface area contributed by atoms with Crippen molar-refractivity contribution in [2.45, 2.75) is 68.3 Å². The molecule has 2 aromatic carbocycles. The van der Waals surface area contributed by atoms with Gasteiger partial charge in [-0.05, 0) is 56.9 Å². The highest BCUT2D eigenvalue weighted by molar-refractivity contribution is 7.92. The van der Waals surface area contributed by atoms with E-state index in [0.29, 0.717) is 23.5 Å². The molecule has 0 spiro atoms. The van der Waals surface area contributed by atoms with Crippen LogP contribution in [0, 0.1) is 23.3 Å². The number of carbonyl (C=O) groups is 1. The van der Waals surface area contributed by atoms with E-state index < -0.39 is 73.2 Å². The second-order valence-corrected chi connectivity index (χ2v) is 12.5. The van der Waals surface area contributed by atoms with Gasteiger partial charge >= 0.3 is 22.2 Å². The van der Waals surface area contributed by atoms with Crippen LogP contribution >= 0.6 is 11.3 Å². The van der Waals surface area contributed by atoms with Gasteiger partial charge in [0.2, 0.25) is 0 Å². The molecule has 1 unspecified atom stereocenters. The lowest BCUT2D eigenvalue weighted by Crippen LogP contribution is -2.39. The van der Waals surface area contributed by atoms with Crippen molar-refractivity contribution in [3.05, 3.63) is 69.6 Å². The zero-order chi connectivity index (χ0) is 31.3. The molecular formula is C26H23F7N4O4S2. The summed E-state index contributed by atoms with van der Waals surface area (Å²) < 4.78 is 124. The van der Waals surface area contributed by atoms with Crippen LogP contribution in [0.25, 0.3) is 0 Å². The fourth-order valence-electron chi connectivity index (χ4n) is 5.80. The summed E-state index contributed by atoms with van der Waals surface area (Å²) in [7, 11) is -5.63. The number of fused-ring (bicyclic) bond motifs is 2. The predicted molar refractivity (Wildman–Crippen MR) is 140 cm³/mol. The number of alkyl halides is 3. The second-order valence-electron chi connectivity index (χ2n) is 10.1. The molecule has 232 valence electrons. The Kier molecular flexibility index (Phi) is 8.34. The summed E-state index contributed by atoms with van der Waals surface area (Å²) >= 11 is 0.698. The van der Waals surface area contributed by atoms with Gasteiger partial charge in [0.25, 0.3) is 0 Å². The SMILES string of the molecule is CC(c1c(F)ccc(F)c1CNc1cc(F)c(S(=O)(=O)N(OC(=O)C(F)(F)F)c2cscn2)c(F)c1)N1C2CCC1CC2. The standard InChI is InChI=1S/C26H23F7N4O4S2/c1-13(36-15-2-3-16(36)5-4-15)23-17(18(27)6-7-19(23)28)10-34-14-8-20(29)24(21(30)9-14)43(39,40)37(22-11-42-12-35-22)41-25(38)26(31,32)33/h6-9,11-13,15-16,34H,2-5,10H2,1H3. The van der Waals surface area contributed by atoms with Crippen LogP contribution in [0.5, 0.6) is 0 Å². The lowest BCUT2D eigenvalue weighted by atomic mass is 9.98. The Morgan fingerprint density at radius 3 is 2.19 bits per heavy atom. The number of nitrogens with zero attached hydrogens (tertiary/aromatic N) is 3. The Morgan fingerprint density at radius 1 is 1.07 bits per heavy atom. The van der Waals surface area contributed by atoms with Crippen molar-refractivity contribution in [2.75, 3.05) is 9.79 Å². The summed E-state index contributed by atoms with van der Waals surface area (Å²) in [6, 6.07) is 2.91. The van der Waals surface area contributed by atoms with E-state index in [2.05, 4.69) is 20.0 Å². The van der Waals surface area contributed by atoms with E-state index in [9.17, 15) is 30.8 Å². The summed E-state index contributed by atoms with van der Waals surface area (Å²) in [5, 5.41) is 3.43. The average molecular weight is 653 g/mol. The van der Waals surface area contributed by atoms with Crippen molar-refractivity contribution < 1.29 is 48.8 Å². The number of halogens is 7. The first-order valence-corrected chi connectivity index (χ1v) is 15.3. The molecule has 2 aliphatic rings. The van der Waals surface area contributed by atoms with Gasteiger partial charge in [0.1, 0.15) is 23.3 Å². The second kappa shape index (κ2) is 11.6. The molecule has 8 nitrogen and oxygen atoms in total. The molecule has 2 bridgehead atoms. The molecule has 2 fully saturated rings. The van der Waals surface area contributed by atoms with E-state index in [0.717, 1.165) is 48.7 Å². The molecule has 3 heterocycles. The zero-order valence-corrected chi connectivity index (χ0v) is 23.8. The highest BCUT2D eigenvalue weighted by Gasteiger charge is 2.46. The third-order valence-corrected chi connectivity index (χ3v) is 9.75. The third kappa shape index (κ3) is 5.89. The average Bonchev–Trinajstić information content (AvgIpc) is 3.68. The van der Waals surface area contributed by atoms with Crippen molar-refractivity contribution >= 4 is 38.8 Å². The van der Waals surface area contributed by atoms with Gasteiger partial charge in [-0.1, -0.05) is 4.47 Å². The van der Waals surface area contributed by atoms with Gasteiger partial charge in [-0.15, -0.1) is 11.3 Å². The van der Waals surface area contributed by atoms with Crippen LogP contribution in [0.15, 0.2) is 40.1 Å². The molecule has 43 heavy (non-hydrogen) atoms. The quantitative estimate of drug-likeness (QED) is 0.217. The molecule has 17 heteroatoms. The molecule has 5 rings (SSSR count). The van der Waals surface area contributed by atoms with E-state index in [4.69, 9.17) is 0 Å². The Balaban J connectivity index is 1.43. The molecule has 0 amide bonds. The van der Waals surface area contributed by atoms with Gasteiger partial charge < -0.3 is 10.2 Å². The monoisotopic (exact) mass is 652 g/mol. The smallest absolute Gasteiger partial charge is 0.381 e. The molecule has 0 aliphatic carbocycles. The first-order valence-electron chi connectivity index (χ1n) is 12.9. The molecule has 0 saturated carbocycles. The van der Waals surface area contributed by atoms with Crippen LogP contribution in [-0.4, -0.2) is 42.5 Å². The summed E-state index contributed by atoms with van der Waals surface area (Å²) in [6.45, 7) is 1.32. The van der Waals surface area contributed by atoms with E-state index in [1.165, 1.54) is 0 Å². The van der Waals surface area contributed by atoms with Crippen molar-refractivity contribution in [2.24, 2.45) is 0 Å². The molecular weight excluding hydrogens is 629 g/mol. The number of carbonyl (C=O) groups excluding carboxylic acids is 1. The van der Waals surface area contributed by atoms with Crippen LogP contribution < -0.4 is 9.79 Å². The molecule has 1 atom stereocenters. The minimum atomic E-state index is -5.65. The maximum absolute atomic E-state index is 15.1. The fraction of sp³-hybridized carbons (Fsp3) is 0.385. The minimum absolute atomic E-state index is 0.0804. The molecule has 2 aliphatic heterocycles. The predicted octanol–water partition coefficient (Wildman–Crippen LogP) is 6.22. The number of hydrogen-bond acceptors (Lipinski definition) is 8. The topological polar surface area (TPSA) is 91.8 Å². The number of sulfonamides is 1. The first kappa shape index (κ1) is 31.0. The highest BCUT2D eigenvalue weighted by Crippen LogP contribution is 2.44. The fourth-order valence-corrected chi connectivity index (χ4v) is 7.66. The number of rotatable bonds is 9. The van der Waals surface area contributed by atoms with Crippen LogP contribution in [0.3, 0.4) is 0 Å². The van der Waals surface area contributed by atoms with Gasteiger partial charge in [0, 0.05) is 46.9 Å². The maximum Gasteiger partial charge on any atom is 0.493 e. The third-order valence-electron chi connectivity index (χ3n) is 7.57. The van der Waals surface area contributed by atoms with Crippen LogP contribution in [-0.2, 0) is 26.2 Å². The van der Waals surface area contributed by atoms with Crippen molar-refractivity contribution in [3.8, 4) is 0 Å². The number of thiazole rings is 1.